The lowest BCUT2D eigenvalue weighted by Gasteiger charge is -2.28. The molecule has 0 saturated carbocycles. The Kier molecular flexibility index (Phi) is 23.6. The molecule has 0 bridgehead atoms. The van der Waals surface area contributed by atoms with Crippen molar-refractivity contribution >= 4 is 74.3 Å². The third-order valence-corrected chi connectivity index (χ3v) is 10.1. The zero-order valence-corrected chi connectivity index (χ0v) is 34.7. The topological polar surface area (TPSA) is 137 Å². The average molecular weight is 882 g/mol. The van der Waals surface area contributed by atoms with Gasteiger partial charge in [0.15, 0.2) is 12.6 Å². The van der Waals surface area contributed by atoms with Gasteiger partial charge in [0.1, 0.15) is 5.33 Å². The van der Waals surface area contributed by atoms with E-state index in [1.165, 1.54) is 0 Å². The number of nitrogens with zero attached hydrogens (tertiary/aromatic N) is 2. The first-order valence-electron chi connectivity index (χ1n) is 17.6. The van der Waals surface area contributed by atoms with Crippen LogP contribution in [0.25, 0.3) is 0 Å². The van der Waals surface area contributed by atoms with Crippen LogP contribution in [0.3, 0.4) is 0 Å². The molecule has 10 nitrogen and oxygen atoms in total. The highest BCUT2D eigenvalue weighted by Crippen LogP contribution is 2.36. The first-order chi connectivity index (χ1) is 25.5. The number of halogens is 5. The minimum Gasteiger partial charge on any atom is -0.466 e. The molecule has 0 amide bonds. The minimum absolute atomic E-state index is 0.0792. The maximum absolute atomic E-state index is 12.1. The van der Waals surface area contributed by atoms with Crippen LogP contribution in [0.15, 0.2) is 36.4 Å². The van der Waals surface area contributed by atoms with Gasteiger partial charge in [-0.2, -0.15) is 10.5 Å². The van der Waals surface area contributed by atoms with Gasteiger partial charge in [0, 0.05) is 13.2 Å². The Bertz CT molecular complexity index is 1500. The molecular weight excluding hydrogens is 834 g/mol. The number of nitriles is 2. The highest BCUT2D eigenvalue weighted by atomic mass is 79.9. The van der Waals surface area contributed by atoms with Crippen molar-refractivity contribution in [3.8, 4) is 12.1 Å². The van der Waals surface area contributed by atoms with Crippen molar-refractivity contribution < 1.29 is 38.0 Å². The fourth-order valence-electron chi connectivity index (χ4n) is 5.35. The molecule has 2 heterocycles. The molecule has 0 aliphatic carbocycles. The van der Waals surface area contributed by atoms with Crippen molar-refractivity contribution in [3.63, 3.8) is 0 Å². The molecule has 15 heteroatoms. The van der Waals surface area contributed by atoms with Crippen LogP contribution in [0.4, 0.5) is 0 Å². The summed E-state index contributed by atoms with van der Waals surface area (Å²) in [7, 11) is 0. The molecule has 292 valence electrons. The van der Waals surface area contributed by atoms with Crippen LogP contribution in [0.2, 0.25) is 20.1 Å². The number of hydrogen-bond acceptors (Lipinski definition) is 10. The molecule has 0 spiro atoms. The SMILES string of the molecule is CCOC(=O)CBr.CCOC(=O)CC(C#N)(CCOC1CCCCO1)c1ccc(Cl)c(Cl)c1.N#CC(CCOC1CCCCO1)c1ccc(Cl)c(Cl)c1. The van der Waals surface area contributed by atoms with E-state index in [4.69, 9.17) is 70.1 Å². The second-order valence-electron chi connectivity index (χ2n) is 12.0. The number of esters is 2. The lowest BCUT2D eigenvalue weighted by molar-refractivity contribution is -0.164. The number of ether oxygens (including phenoxy) is 6. The van der Waals surface area contributed by atoms with Crippen LogP contribution in [0.5, 0.6) is 0 Å². The summed E-state index contributed by atoms with van der Waals surface area (Å²) in [6.07, 6.45) is 6.60. The molecule has 2 aromatic rings. The molecule has 0 aromatic heterocycles. The van der Waals surface area contributed by atoms with Gasteiger partial charge in [0.05, 0.1) is 76.4 Å². The summed E-state index contributed by atoms with van der Waals surface area (Å²) in [5, 5.41) is 21.2. The summed E-state index contributed by atoms with van der Waals surface area (Å²) >= 11 is 26.9. The van der Waals surface area contributed by atoms with E-state index in [0.717, 1.165) is 50.7 Å². The Morgan fingerprint density at radius 1 is 0.830 bits per heavy atom. The summed E-state index contributed by atoms with van der Waals surface area (Å²) in [5.74, 6) is -0.884. The second kappa shape index (κ2) is 26.6. The van der Waals surface area contributed by atoms with Crippen LogP contribution in [-0.2, 0) is 43.4 Å². The van der Waals surface area contributed by atoms with Crippen LogP contribution >= 0.6 is 62.3 Å². The van der Waals surface area contributed by atoms with E-state index in [-0.39, 0.29) is 44.1 Å². The van der Waals surface area contributed by atoms with Crippen molar-refractivity contribution in [3.05, 3.63) is 67.6 Å². The molecule has 4 rings (SSSR count). The molecule has 0 radical (unpaired) electrons. The first kappa shape index (κ1) is 47.0. The van der Waals surface area contributed by atoms with Gasteiger partial charge < -0.3 is 28.4 Å². The van der Waals surface area contributed by atoms with Gasteiger partial charge in [-0.1, -0.05) is 74.5 Å². The van der Waals surface area contributed by atoms with E-state index in [9.17, 15) is 20.1 Å². The van der Waals surface area contributed by atoms with E-state index in [0.29, 0.717) is 63.6 Å². The van der Waals surface area contributed by atoms with E-state index in [1.54, 1.807) is 44.2 Å². The number of carbonyl (C=O) groups excluding carboxylic acids is 2. The molecule has 53 heavy (non-hydrogen) atoms. The Labute approximate surface area is 341 Å². The molecule has 2 aliphatic rings. The van der Waals surface area contributed by atoms with Gasteiger partial charge in [-0.05, 0) is 101 Å². The van der Waals surface area contributed by atoms with E-state index < -0.39 is 11.4 Å². The first-order valence-corrected chi connectivity index (χ1v) is 20.2. The second-order valence-corrected chi connectivity index (χ2v) is 14.2. The highest BCUT2D eigenvalue weighted by Gasteiger charge is 2.36. The monoisotopic (exact) mass is 878 g/mol. The normalized spacial score (nSPS) is 18.3. The predicted molar refractivity (Wildman–Crippen MR) is 209 cm³/mol. The predicted octanol–water partition coefficient (Wildman–Crippen LogP) is 10.1. The quantitative estimate of drug-likeness (QED) is 0.126. The van der Waals surface area contributed by atoms with Gasteiger partial charge in [0.25, 0.3) is 0 Å². The fraction of sp³-hybridized carbons (Fsp3) is 0.579. The molecule has 2 saturated heterocycles. The van der Waals surface area contributed by atoms with Gasteiger partial charge in [0.2, 0.25) is 0 Å². The van der Waals surface area contributed by atoms with E-state index in [2.05, 4.69) is 32.8 Å². The van der Waals surface area contributed by atoms with Crippen LogP contribution in [0, 0.1) is 22.7 Å². The maximum Gasteiger partial charge on any atom is 0.316 e. The minimum atomic E-state index is -1.10. The largest absolute Gasteiger partial charge is 0.466 e. The summed E-state index contributed by atoms with van der Waals surface area (Å²) in [5.41, 5.74) is 0.389. The number of benzene rings is 2. The van der Waals surface area contributed by atoms with Crippen LogP contribution in [-0.4, -0.2) is 69.5 Å². The van der Waals surface area contributed by atoms with Gasteiger partial charge in [-0.15, -0.1) is 0 Å². The molecule has 0 N–H and O–H groups in total. The van der Waals surface area contributed by atoms with Gasteiger partial charge in [-0.3, -0.25) is 9.59 Å². The Morgan fingerprint density at radius 2 is 1.40 bits per heavy atom. The summed E-state index contributed by atoms with van der Waals surface area (Å²) < 4.78 is 32.0. The summed E-state index contributed by atoms with van der Waals surface area (Å²) in [4.78, 5) is 22.3. The Hall–Kier alpha value is -2.16. The number of rotatable bonds is 15. The zero-order valence-electron chi connectivity index (χ0n) is 30.1. The molecule has 2 fully saturated rings. The van der Waals surface area contributed by atoms with Crippen molar-refractivity contribution in [1.29, 1.82) is 10.5 Å². The third-order valence-electron chi connectivity index (χ3n) is 8.17. The van der Waals surface area contributed by atoms with E-state index >= 15 is 0 Å². The smallest absolute Gasteiger partial charge is 0.316 e. The molecular formula is C38H47BrCl4N2O8. The van der Waals surface area contributed by atoms with E-state index in [1.807, 2.05) is 6.07 Å². The van der Waals surface area contributed by atoms with Crippen molar-refractivity contribution in [2.75, 3.05) is 45.0 Å². The Morgan fingerprint density at radius 3 is 1.87 bits per heavy atom. The van der Waals surface area contributed by atoms with Crippen LogP contribution < -0.4 is 0 Å². The molecule has 2 aliphatic heterocycles. The van der Waals surface area contributed by atoms with Gasteiger partial charge >= 0.3 is 11.9 Å². The summed E-state index contributed by atoms with van der Waals surface area (Å²) in [6.45, 7) is 6.47. The van der Waals surface area contributed by atoms with Crippen LogP contribution in [0.1, 0.15) is 88.7 Å². The molecule has 4 unspecified atom stereocenters. The highest BCUT2D eigenvalue weighted by molar-refractivity contribution is 9.09. The lowest BCUT2D eigenvalue weighted by atomic mass is 9.76. The lowest BCUT2D eigenvalue weighted by Crippen LogP contribution is -2.32. The fourth-order valence-corrected chi connectivity index (χ4v) is 6.12. The summed E-state index contributed by atoms with van der Waals surface area (Å²) in [6, 6.07) is 14.8. The maximum atomic E-state index is 12.1. The number of alkyl halides is 1. The number of carbonyl (C=O) groups is 2. The standard InChI is InChI=1S/C19H23Cl2NO4.C15H17Cl2NO2.C4H7BrO2/c1-2-24-17(23)12-19(13-22,14-6-7-15(20)16(21)11-14)8-10-26-18-5-3-4-9-25-18;16-13-5-4-11(9-14(13)17)12(10-18)6-8-20-15-3-1-2-7-19-15;1-2-7-4(6)3-5/h6-7,11,18H,2-5,8-10,12H2,1H3;4-5,9,12,15H,1-3,6-8H2;2-3H2,1H3. The average Bonchev–Trinajstić information content (AvgIpc) is 3.17. The number of hydrogen-bond donors (Lipinski definition) is 0. The molecule has 2 aromatic carbocycles. The van der Waals surface area contributed by atoms with Gasteiger partial charge in [-0.25, -0.2) is 0 Å². The Balaban J connectivity index is 0.000000318. The third kappa shape index (κ3) is 17.5. The zero-order chi connectivity index (χ0) is 39.1. The molecule has 4 atom stereocenters. The van der Waals surface area contributed by atoms with Crippen molar-refractivity contribution in [2.24, 2.45) is 0 Å². The van der Waals surface area contributed by atoms with Crippen molar-refractivity contribution in [2.45, 2.75) is 95.5 Å². The van der Waals surface area contributed by atoms with Crippen molar-refractivity contribution in [1.82, 2.24) is 0 Å².